The highest BCUT2D eigenvalue weighted by atomic mass is 16.6. The van der Waals surface area contributed by atoms with E-state index in [9.17, 15) is 4.79 Å². The van der Waals surface area contributed by atoms with Gasteiger partial charge in [0, 0.05) is 6.54 Å². The Kier molecular flexibility index (Phi) is 7.06. The van der Waals surface area contributed by atoms with Gasteiger partial charge in [-0.15, -0.1) is 0 Å². The summed E-state index contributed by atoms with van der Waals surface area (Å²) >= 11 is 0. The van der Waals surface area contributed by atoms with Crippen molar-refractivity contribution in [3.8, 4) is 0 Å². The zero-order valence-electron chi connectivity index (χ0n) is 17.9. The lowest BCUT2D eigenvalue weighted by Gasteiger charge is -2.32. The first-order valence-corrected chi connectivity index (χ1v) is 11.3. The Bertz CT molecular complexity index is 786. The number of likely N-dealkylation sites (tertiary alicyclic amines) is 1. The Labute approximate surface area is 180 Å². The molecule has 1 saturated carbocycles. The molecule has 2 aromatic carbocycles. The van der Waals surface area contributed by atoms with Gasteiger partial charge in [-0.05, 0) is 55.1 Å². The van der Waals surface area contributed by atoms with Crippen molar-refractivity contribution in [2.75, 3.05) is 13.2 Å². The zero-order valence-corrected chi connectivity index (χ0v) is 17.9. The quantitative estimate of drug-likeness (QED) is 0.609. The first kappa shape index (κ1) is 20.9. The second-order valence-corrected chi connectivity index (χ2v) is 8.78. The van der Waals surface area contributed by atoms with Crippen LogP contribution in [0.25, 0.3) is 0 Å². The van der Waals surface area contributed by atoms with Crippen LogP contribution in [-0.2, 0) is 16.1 Å². The van der Waals surface area contributed by atoms with Crippen molar-refractivity contribution in [1.82, 2.24) is 4.90 Å². The molecule has 1 aliphatic carbocycles. The minimum absolute atomic E-state index is 0.111. The van der Waals surface area contributed by atoms with Crippen LogP contribution in [-0.4, -0.2) is 36.3 Å². The van der Waals surface area contributed by atoms with Crippen LogP contribution in [0.15, 0.2) is 60.7 Å². The number of rotatable bonds is 6. The monoisotopic (exact) mass is 407 g/mol. The van der Waals surface area contributed by atoms with Crippen molar-refractivity contribution in [2.45, 2.75) is 63.7 Å². The van der Waals surface area contributed by atoms with E-state index < -0.39 is 0 Å². The minimum atomic E-state index is -0.218. The molecule has 30 heavy (non-hydrogen) atoms. The third-order valence-electron chi connectivity index (χ3n) is 6.77. The highest BCUT2D eigenvalue weighted by Crippen LogP contribution is 2.34. The molecule has 2 atom stereocenters. The second kappa shape index (κ2) is 10.1. The lowest BCUT2D eigenvalue weighted by molar-refractivity contribution is -0.0105. The summed E-state index contributed by atoms with van der Waals surface area (Å²) in [6.45, 7) is 3.90. The van der Waals surface area contributed by atoms with Gasteiger partial charge in [-0.3, -0.25) is 0 Å². The predicted octanol–water partition coefficient (Wildman–Crippen LogP) is 5.78. The normalized spacial score (nSPS) is 26.5. The Hall–Kier alpha value is -2.33. The lowest BCUT2D eigenvalue weighted by atomic mass is 9.83. The second-order valence-electron chi connectivity index (χ2n) is 8.78. The van der Waals surface area contributed by atoms with Crippen LogP contribution in [0.3, 0.4) is 0 Å². The third-order valence-corrected chi connectivity index (χ3v) is 6.77. The van der Waals surface area contributed by atoms with Crippen LogP contribution in [0.2, 0.25) is 0 Å². The van der Waals surface area contributed by atoms with Crippen LogP contribution in [0.5, 0.6) is 0 Å². The summed E-state index contributed by atoms with van der Waals surface area (Å²) in [5.41, 5.74) is 2.47. The molecule has 4 heteroatoms. The van der Waals surface area contributed by atoms with Crippen molar-refractivity contribution >= 4 is 6.09 Å². The van der Waals surface area contributed by atoms with E-state index in [1.165, 1.54) is 18.4 Å². The fourth-order valence-electron chi connectivity index (χ4n) is 4.81. The van der Waals surface area contributed by atoms with E-state index in [0.717, 1.165) is 31.4 Å². The van der Waals surface area contributed by atoms with E-state index in [0.29, 0.717) is 31.2 Å². The van der Waals surface area contributed by atoms with Gasteiger partial charge in [-0.1, -0.05) is 67.6 Å². The molecule has 0 radical (unpaired) electrons. The van der Waals surface area contributed by atoms with Gasteiger partial charge in [-0.25, -0.2) is 4.79 Å². The number of nitrogens with zero attached hydrogens (tertiary/aromatic N) is 1. The summed E-state index contributed by atoms with van der Waals surface area (Å²) in [4.78, 5) is 14.6. The number of carbonyl (C=O) groups is 1. The molecule has 0 N–H and O–H groups in total. The molecule has 160 valence electrons. The van der Waals surface area contributed by atoms with Gasteiger partial charge < -0.3 is 14.4 Å². The molecular weight excluding hydrogens is 374 g/mol. The number of hydrogen-bond donors (Lipinski definition) is 0. The topological polar surface area (TPSA) is 38.8 Å². The number of hydrogen-bond acceptors (Lipinski definition) is 3. The molecule has 0 spiro atoms. The maximum Gasteiger partial charge on any atom is 0.410 e. The summed E-state index contributed by atoms with van der Waals surface area (Å²) in [5.74, 6) is 1.09. The molecule has 1 aliphatic heterocycles. The molecule has 2 fully saturated rings. The number of ether oxygens (including phenoxy) is 2. The van der Waals surface area contributed by atoms with E-state index in [-0.39, 0.29) is 12.1 Å². The van der Waals surface area contributed by atoms with E-state index in [1.807, 2.05) is 35.2 Å². The van der Waals surface area contributed by atoms with E-state index in [4.69, 9.17) is 9.47 Å². The molecule has 4 nitrogen and oxygen atoms in total. The largest absolute Gasteiger partial charge is 0.445 e. The SMILES string of the molecule is C[C@H]1CCN(C(=O)OCc2ccccc2)C1COC1CCC(c2ccccc2)CC1. The Morgan fingerprint density at radius 3 is 2.30 bits per heavy atom. The first-order chi connectivity index (χ1) is 14.7. The van der Waals surface area contributed by atoms with Gasteiger partial charge in [0.25, 0.3) is 0 Å². The molecule has 1 amide bonds. The van der Waals surface area contributed by atoms with Crippen LogP contribution in [0.1, 0.15) is 56.1 Å². The highest BCUT2D eigenvalue weighted by Gasteiger charge is 2.36. The molecule has 0 aromatic heterocycles. The van der Waals surface area contributed by atoms with Crippen LogP contribution >= 0.6 is 0 Å². The summed E-state index contributed by atoms with van der Waals surface area (Å²) in [6.07, 6.45) is 5.65. The molecule has 1 unspecified atom stereocenters. The average molecular weight is 408 g/mol. The van der Waals surface area contributed by atoms with Crippen molar-refractivity contribution in [2.24, 2.45) is 5.92 Å². The maximum absolute atomic E-state index is 12.7. The van der Waals surface area contributed by atoms with Gasteiger partial charge in [0.2, 0.25) is 0 Å². The average Bonchev–Trinajstić information content (AvgIpc) is 3.18. The molecule has 4 rings (SSSR count). The first-order valence-electron chi connectivity index (χ1n) is 11.3. The Morgan fingerprint density at radius 2 is 1.60 bits per heavy atom. The van der Waals surface area contributed by atoms with E-state index >= 15 is 0 Å². The van der Waals surface area contributed by atoms with Crippen molar-refractivity contribution in [1.29, 1.82) is 0 Å². The number of benzene rings is 2. The summed E-state index contributed by atoms with van der Waals surface area (Å²) in [5, 5.41) is 0. The lowest BCUT2D eigenvalue weighted by Crippen LogP contribution is -2.41. The molecule has 2 aromatic rings. The van der Waals surface area contributed by atoms with Crippen LogP contribution in [0.4, 0.5) is 4.79 Å². The summed E-state index contributed by atoms with van der Waals surface area (Å²) in [6, 6.07) is 20.8. The minimum Gasteiger partial charge on any atom is -0.445 e. The van der Waals surface area contributed by atoms with Crippen molar-refractivity contribution in [3.05, 3.63) is 71.8 Å². The Morgan fingerprint density at radius 1 is 0.933 bits per heavy atom. The van der Waals surface area contributed by atoms with Crippen LogP contribution < -0.4 is 0 Å². The van der Waals surface area contributed by atoms with E-state index in [1.54, 1.807) is 0 Å². The third kappa shape index (κ3) is 5.23. The fraction of sp³-hybridized carbons (Fsp3) is 0.500. The summed E-state index contributed by atoms with van der Waals surface area (Å²) in [7, 11) is 0. The molecular formula is C26H33NO3. The van der Waals surface area contributed by atoms with Gasteiger partial charge in [0.1, 0.15) is 6.61 Å². The Balaban J connectivity index is 1.24. The standard InChI is InChI=1S/C26H33NO3/c1-20-16-17-27(26(28)30-18-21-8-4-2-5-9-21)25(20)19-29-24-14-12-23(13-15-24)22-10-6-3-7-11-22/h2-11,20,23-25H,12-19H2,1H3/t20-,23?,24?,25?/m0/s1. The van der Waals surface area contributed by atoms with Crippen molar-refractivity contribution in [3.63, 3.8) is 0 Å². The predicted molar refractivity (Wildman–Crippen MR) is 118 cm³/mol. The number of carbonyl (C=O) groups excluding carboxylic acids is 1. The smallest absolute Gasteiger partial charge is 0.410 e. The zero-order chi connectivity index (χ0) is 20.8. The molecule has 1 heterocycles. The fourth-order valence-corrected chi connectivity index (χ4v) is 4.81. The summed E-state index contributed by atoms with van der Waals surface area (Å²) < 4.78 is 11.9. The highest BCUT2D eigenvalue weighted by molar-refractivity contribution is 5.68. The van der Waals surface area contributed by atoms with Gasteiger partial charge in [0.05, 0.1) is 18.8 Å². The number of amides is 1. The molecule has 1 saturated heterocycles. The van der Waals surface area contributed by atoms with Gasteiger partial charge in [0.15, 0.2) is 0 Å². The molecule has 2 aliphatic rings. The maximum atomic E-state index is 12.7. The van der Waals surface area contributed by atoms with Gasteiger partial charge in [-0.2, -0.15) is 0 Å². The van der Waals surface area contributed by atoms with E-state index in [2.05, 4.69) is 37.3 Å². The van der Waals surface area contributed by atoms with Crippen LogP contribution in [0, 0.1) is 5.92 Å². The van der Waals surface area contributed by atoms with Crippen molar-refractivity contribution < 1.29 is 14.3 Å². The van der Waals surface area contributed by atoms with Gasteiger partial charge >= 0.3 is 6.09 Å². The molecule has 0 bridgehead atoms.